The van der Waals surface area contributed by atoms with Crippen LogP contribution in [0.2, 0.25) is 0 Å². The second-order valence-electron chi connectivity index (χ2n) is 9.39. The van der Waals surface area contributed by atoms with E-state index in [1.54, 1.807) is 17.4 Å². The van der Waals surface area contributed by atoms with Crippen LogP contribution in [0, 0.1) is 39.0 Å². The molecule has 2 aliphatic rings. The van der Waals surface area contributed by atoms with Crippen LogP contribution in [-0.4, -0.2) is 21.5 Å². The normalized spacial score (nSPS) is 16.8. The SMILES string of the molecule is Cc1ccc(N2C(=O)C(=Cc3cc(C)n(-c4sc5c(c4C#N)CCCC5)c3C)C(=O)NC2=S)cc1C. The highest BCUT2D eigenvalue weighted by atomic mass is 32.1. The number of thiophene rings is 1. The van der Waals surface area contributed by atoms with Gasteiger partial charge in [0.15, 0.2) is 5.11 Å². The van der Waals surface area contributed by atoms with Gasteiger partial charge in [-0.1, -0.05) is 6.07 Å². The number of rotatable bonds is 3. The van der Waals surface area contributed by atoms with Gasteiger partial charge < -0.3 is 4.57 Å². The third-order valence-electron chi connectivity index (χ3n) is 7.09. The number of anilines is 1. The monoisotopic (exact) mass is 514 g/mol. The standard InChI is InChI=1S/C28H26N4O2S2/c1-15-9-10-20(11-16(15)2)32-26(34)22(25(33)30-28(32)35)13-19-12-17(3)31(18(19)4)27-23(14-29)21-7-5-6-8-24(21)36-27/h9-13H,5-8H2,1-4H3,(H,30,33,35). The highest BCUT2D eigenvalue weighted by molar-refractivity contribution is 7.80. The Kier molecular flexibility index (Phi) is 6.15. The predicted molar refractivity (Wildman–Crippen MR) is 147 cm³/mol. The molecular formula is C28H26N4O2S2. The Balaban J connectivity index is 1.57. The van der Waals surface area contributed by atoms with E-state index in [1.165, 1.54) is 15.3 Å². The molecule has 1 fully saturated rings. The van der Waals surface area contributed by atoms with Crippen molar-refractivity contribution < 1.29 is 9.59 Å². The molecule has 6 nitrogen and oxygen atoms in total. The molecular weight excluding hydrogens is 488 g/mol. The molecule has 0 bridgehead atoms. The van der Waals surface area contributed by atoms with Crippen molar-refractivity contribution >= 4 is 52.2 Å². The molecule has 0 spiro atoms. The van der Waals surface area contributed by atoms with Crippen LogP contribution in [0.25, 0.3) is 11.1 Å². The lowest BCUT2D eigenvalue weighted by Gasteiger charge is -2.29. The smallest absolute Gasteiger partial charge is 0.270 e. The highest BCUT2D eigenvalue weighted by Gasteiger charge is 2.35. The van der Waals surface area contributed by atoms with E-state index in [9.17, 15) is 14.9 Å². The van der Waals surface area contributed by atoms with E-state index in [4.69, 9.17) is 12.2 Å². The Labute approximate surface area is 219 Å². The van der Waals surface area contributed by atoms with Crippen molar-refractivity contribution in [2.45, 2.75) is 53.4 Å². The van der Waals surface area contributed by atoms with Crippen molar-refractivity contribution in [3.05, 3.63) is 73.9 Å². The number of benzene rings is 1. The second kappa shape index (κ2) is 9.16. The maximum atomic E-state index is 13.5. The van der Waals surface area contributed by atoms with Gasteiger partial charge in [-0.25, -0.2) is 0 Å². The number of nitriles is 1. The zero-order valence-corrected chi connectivity index (χ0v) is 22.3. The number of hydrogen-bond donors (Lipinski definition) is 1. The first-order valence-electron chi connectivity index (χ1n) is 11.9. The van der Waals surface area contributed by atoms with Gasteiger partial charge in [-0.15, -0.1) is 11.3 Å². The number of aryl methyl sites for hydroxylation is 4. The van der Waals surface area contributed by atoms with Gasteiger partial charge in [0.05, 0.1) is 11.3 Å². The first-order valence-corrected chi connectivity index (χ1v) is 13.2. The minimum Gasteiger partial charge on any atom is -0.308 e. The number of carbonyl (C=O) groups excluding carboxylic acids is 2. The Bertz CT molecular complexity index is 1530. The van der Waals surface area contributed by atoms with Crippen molar-refractivity contribution in [1.29, 1.82) is 5.26 Å². The molecule has 1 aromatic carbocycles. The fourth-order valence-corrected chi connectivity index (χ4v) is 6.71. The molecule has 5 rings (SSSR count). The molecule has 1 N–H and O–H groups in total. The van der Waals surface area contributed by atoms with Crippen molar-refractivity contribution in [2.75, 3.05) is 4.90 Å². The topological polar surface area (TPSA) is 78.1 Å². The van der Waals surface area contributed by atoms with E-state index in [0.717, 1.165) is 64.3 Å². The predicted octanol–water partition coefficient (Wildman–Crippen LogP) is 5.35. The third kappa shape index (κ3) is 3.89. The van der Waals surface area contributed by atoms with Crippen LogP contribution >= 0.6 is 23.6 Å². The number of aromatic nitrogens is 1. The van der Waals surface area contributed by atoms with E-state index in [0.29, 0.717) is 5.69 Å². The summed E-state index contributed by atoms with van der Waals surface area (Å²) in [5.41, 5.74) is 7.27. The maximum absolute atomic E-state index is 13.5. The summed E-state index contributed by atoms with van der Waals surface area (Å²) in [7, 11) is 0. The molecule has 36 heavy (non-hydrogen) atoms. The third-order valence-corrected chi connectivity index (χ3v) is 8.65. The van der Waals surface area contributed by atoms with Crippen LogP contribution in [0.15, 0.2) is 29.8 Å². The van der Waals surface area contributed by atoms with Crippen LogP contribution in [-0.2, 0) is 22.4 Å². The van der Waals surface area contributed by atoms with Crippen molar-refractivity contribution in [2.24, 2.45) is 0 Å². The molecule has 3 aromatic rings. The number of hydrogen-bond acceptors (Lipinski definition) is 5. The lowest BCUT2D eigenvalue weighted by atomic mass is 9.96. The lowest BCUT2D eigenvalue weighted by Crippen LogP contribution is -2.54. The van der Waals surface area contributed by atoms with Crippen LogP contribution in [0.4, 0.5) is 5.69 Å². The molecule has 2 aromatic heterocycles. The molecule has 2 amide bonds. The molecule has 1 aliphatic carbocycles. The molecule has 0 atom stereocenters. The van der Waals surface area contributed by atoms with Gasteiger partial charge in [0.2, 0.25) is 0 Å². The van der Waals surface area contributed by atoms with Gasteiger partial charge in [0.25, 0.3) is 11.8 Å². The minimum atomic E-state index is -0.515. The Morgan fingerprint density at radius 1 is 1.08 bits per heavy atom. The number of nitrogens with one attached hydrogen (secondary N) is 1. The molecule has 0 saturated carbocycles. The van der Waals surface area contributed by atoms with E-state index in [1.807, 2.05) is 52.0 Å². The summed E-state index contributed by atoms with van der Waals surface area (Å²) in [6.45, 7) is 7.91. The number of carbonyl (C=O) groups is 2. The van der Waals surface area contributed by atoms with Crippen LogP contribution in [0.1, 0.15) is 56.9 Å². The highest BCUT2D eigenvalue weighted by Crippen LogP contribution is 2.38. The Hall–Kier alpha value is -3.54. The van der Waals surface area contributed by atoms with Gasteiger partial charge in [-0.05, 0) is 112 Å². The molecule has 0 radical (unpaired) electrons. The number of amides is 2. The maximum Gasteiger partial charge on any atom is 0.270 e. The minimum absolute atomic E-state index is 0.0214. The summed E-state index contributed by atoms with van der Waals surface area (Å²) in [5.74, 6) is -0.972. The molecule has 3 heterocycles. The second-order valence-corrected chi connectivity index (χ2v) is 10.9. The number of thiocarbonyl (C=S) groups is 1. The first-order chi connectivity index (χ1) is 17.2. The quantitative estimate of drug-likeness (QED) is 0.290. The van der Waals surface area contributed by atoms with Gasteiger partial charge in [0, 0.05) is 16.3 Å². The largest absolute Gasteiger partial charge is 0.308 e. The van der Waals surface area contributed by atoms with E-state index < -0.39 is 11.8 Å². The van der Waals surface area contributed by atoms with E-state index in [-0.39, 0.29) is 10.7 Å². The first kappa shape index (κ1) is 24.2. The van der Waals surface area contributed by atoms with Crippen LogP contribution < -0.4 is 10.2 Å². The summed E-state index contributed by atoms with van der Waals surface area (Å²) >= 11 is 7.03. The Morgan fingerprint density at radius 2 is 1.83 bits per heavy atom. The van der Waals surface area contributed by atoms with Gasteiger partial charge in [-0.3, -0.25) is 19.8 Å². The molecule has 1 aliphatic heterocycles. The molecule has 8 heteroatoms. The average Bonchev–Trinajstić information content (AvgIpc) is 3.34. The van der Waals surface area contributed by atoms with Gasteiger partial charge in [0.1, 0.15) is 16.6 Å². The van der Waals surface area contributed by atoms with Crippen molar-refractivity contribution in [3.8, 4) is 11.1 Å². The fraction of sp³-hybridized carbons (Fsp3) is 0.286. The summed E-state index contributed by atoms with van der Waals surface area (Å²) in [5, 5.41) is 13.6. The number of nitrogens with zero attached hydrogens (tertiary/aromatic N) is 3. The van der Waals surface area contributed by atoms with Gasteiger partial charge in [-0.2, -0.15) is 5.26 Å². The summed E-state index contributed by atoms with van der Waals surface area (Å²) < 4.78 is 2.07. The summed E-state index contributed by atoms with van der Waals surface area (Å²) in [6, 6.07) is 10.0. The van der Waals surface area contributed by atoms with Gasteiger partial charge >= 0.3 is 0 Å². The Morgan fingerprint density at radius 3 is 2.56 bits per heavy atom. The zero-order chi connectivity index (χ0) is 25.7. The molecule has 182 valence electrons. The van der Waals surface area contributed by atoms with Crippen molar-refractivity contribution in [3.63, 3.8) is 0 Å². The lowest BCUT2D eigenvalue weighted by molar-refractivity contribution is -0.122. The number of fused-ring (bicyclic) bond motifs is 1. The van der Waals surface area contributed by atoms with E-state index >= 15 is 0 Å². The summed E-state index contributed by atoms with van der Waals surface area (Å²) in [4.78, 5) is 29.0. The van der Waals surface area contributed by atoms with E-state index in [2.05, 4.69) is 16.0 Å². The molecule has 1 saturated heterocycles. The van der Waals surface area contributed by atoms with Crippen LogP contribution in [0.5, 0.6) is 0 Å². The molecule has 0 unspecified atom stereocenters. The summed E-state index contributed by atoms with van der Waals surface area (Å²) in [6.07, 6.45) is 5.83. The van der Waals surface area contributed by atoms with Crippen LogP contribution in [0.3, 0.4) is 0 Å². The fourth-order valence-electron chi connectivity index (χ4n) is 4.98. The van der Waals surface area contributed by atoms with Crippen molar-refractivity contribution in [1.82, 2.24) is 9.88 Å². The average molecular weight is 515 g/mol. The zero-order valence-electron chi connectivity index (χ0n) is 20.7.